The van der Waals surface area contributed by atoms with E-state index in [1.807, 2.05) is 41.1 Å². The Labute approximate surface area is 156 Å². The molecule has 0 bridgehead atoms. The molecule has 0 spiro atoms. The fourth-order valence-corrected chi connectivity index (χ4v) is 4.51. The minimum Gasteiger partial charge on any atom is -0.334 e. The van der Waals surface area contributed by atoms with Crippen LogP contribution in [-0.4, -0.2) is 47.9 Å². The van der Waals surface area contributed by atoms with Gasteiger partial charge in [0, 0.05) is 35.7 Å². The number of nitrogens with zero attached hydrogens (tertiary/aromatic N) is 6. The average molecular weight is 370 g/mol. The number of thiazole rings is 1. The highest BCUT2D eigenvalue weighted by molar-refractivity contribution is 7.12. The molecule has 0 unspecified atom stereocenters. The zero-order valence-corrected chi connectivity index (χ0v) is 15.8. The molecule has 0 aromatic carbocycles. The lowest BCUT2D eigenvalue weighted by molar-refractivity contribution is 0.0582. The molecule has 0 N–H and O–H groups in total. The van der Waals surface area contributed by atoms with E-state index in [0.29, 0.717) is 6.54 Å². The van der Waals surface area contributed by atoms with Crippen LogP contribution in [-0.2, 0) is 6.54 Å². The van der Waals surface area contributed by atoms with Gasteiger partial charge in [-0.2, -0.15) is 0 Å². The molecule has 1 atom stereocenters. The molecule has 7 nitrogen and oxygen atoms in total. The number of carbonyl (C=O) groups excluding carboxylic acids is 1. The van der Waals surface area contributed by atoms with Gasteiger partial charge in [-0.25, -0.2) is 4.98 Å². The lowest BCUT2D eigenvalue weighted by Gasteiger charge is -2.35. The van der Waals surface area contributed by atoms with Gasteiger partial charge in [-0.1, -0.05) is 5.21 Å². The first-order valence-corrected chi connectivity index (χ1v) is 9.77. The molecule has 1 saturated heterocycles. The van der Waals surface area contributed by atoms with Crippen molar-refractivity contribution in [2.45, 2.75) is 45.7 Å². The van der Waals surface area contributed by atoms with Crippen LogP contribution in [0.4, 0.5) is 0 Å². The van der Waals surface area contributed by atoms with Crippen LogP contribution >= 0.6 is 11.3 Å². The highest BCUT2D eigenvalue weighted by Gasteiger charge is 2.30. The van der Waals surface area contributed by atoms with Crippen molar-refractivity contribution in [2.75, 3.05) is 6.54 Å². The summed E-state index contributed by atoms with van der Waals surface area (Å²) in [5.74, 6) is 0.103. The van der Waals surface area contributed by atoms with Crippen LogP contribution in [0.3, 0.4) is 0 Å². The quantitative estimate of drug-likeness (QED) is 0.708. The fraction of sp³-hybridized carbons (Fsp3) is 0.444. The number of carbonyl (C=O) groups is 1. The van der Waals surface area contributed by atoms with Gasteiger partial charge in [0.1, 0.15) is 0 Å². The maximum absolute atomic E-state index is 13.3. The molecule has 1 fully saturated rings. The van der Waals surface area contributed by atoms with Crippen LogP contribution in [0.25, 0.3) is 5.13 Å². The van der Waals surface area contributed by atoms with Gasteiger partial charge >= 0.3 is 0 Å². The van der Waals surface area contributed by atoms with Crippen molar-refractivity contribution in [1.82, 2.24) is 29.4 Å². The maximum Gasteiger partial charge on any atom is 0.256 e. The highest BCUT2D eigenvalue weighted by Crippen LogP contribution is 2.26. The molecule has 4 heterocycles. The first-order chi connectivity index (χ1) is 12.6. The van der Waals surface area contributed by atoms with Gasteiger partial charge in [-0.3, -0.25) is 14.0 Å². The number of likely N-dealkylation sites (tertiary alicyclic amines) is 1. The second-order valence-electron chi connectivity index (χ2n) is 6.71. The third kappa shape index (κ3) is 3.05. The molecule has 26 heavy (non-hydrogen) atoms. The predicted molar refractivity (Wildman–Crippen MR) is 99.6 cm³/mol. The summed E-state index contributed by atoms with van der Waals surface area (Å²) in [5, 5.41) is 10.8. The Morgan fingerprint density at radius 3 is 2.92 bits per heavy atom. The van der Waals surface area contributed by atoms with Crippen molar-refractivity contribution in [3.8, 4) is 5.13 Å². The summed E-state index contributed by atoms with van der Waals surface area (Å²) in [6.45, 7) is 5.50. The Hall–Kier alpha value is -2.48. The van der Waals surface area contributed by atoms with Crippen LogP contribution in [0, 0.1) is 13.8 Å². The molecule has 1 aliphatic heterocycles. The minimum absolute atomic E-state index is 0.103. The summed E-state index contributed by atoms with van der Waals surface area (Å²) >= 11 is 1.58. The number of piperidine rings is 1. The maximum atomic E-state index is 13.3. The number of hydrogen-bond donors (Lipinski definition) is 0. The fourth-order valence-electron chi connectivity index (χ4n) is 3.76. The number of rotatable bonds is 4. The molecule has 0 saturated carbocycles. The summed E-state index contributed by atoms with van der Waals surface area (Å²) in [6.07, 6.45) is 8.50. The van der Waals surface area contributed by atoms with Gasteiger partial charge in [0.15, 0.2) is 5.13 Å². The van der Waals surface area contributed by atoms with Gasteiger partial charge in [-0.05, 0) is 39.2 Å². The third-order valence-electron chi connectivity index (χ3n) is 5.03. The second-order valence-corrected chi connectivity index (χ2v) is 7.58. The van der Waals surface area contributed by atoms with E-state index in [-0.39, 0.29) is 11.9 Å². The highest BCUT2D eigenvalue weighted by atomic mass is 32.1. The Morgan fingerprint density at radius 1 is 1.31 bits per heavy atom. The lowest BCUT2D eigenvalue weighted by Crippen LogP contribution is -2.46. The Morgan fingerprint density at radius 2 is 2.19 bits per heavy atom. The Balaban J connectivity index is 1.62. The van der Waals surface area contributed by atoms with Crippen molar-refractivity contribution in [1.29, 1.82) is 0 Å². The smallest absolute Gasteiger partial charge is 0.256 e. The SMILES string of the molecule is Cc1cc(C(=O)N2CCCC[C@@H]2Cn2ccnn2)c(C)n1-c1nccs1. The molecule has 0 aliphatic carbocycles. The van der Waals surface area contributed by atoms with Crippen LogP contribution in [0.1, 0.15) is 41.0 Å². The molecule has 3 aromatic rings. The molecular weight excluding hydrogens is 348 g/mol. The zero-order chi connectivity index (χ0) is 18.1. The van der Waals surface area contributed by atoms with E-state index in [1.165, 1.54) is 0 Å². The van der Waals surface area contributed by atoms with Gasteiger partial charge in [0.05, 0.1) is 24.3 Å². The van der Waals surface area contributed by atoms with E-state index in [4.69, 9.17) is 0 Å². The van der Waals surface area contributed by atoms with Crippen molar-refractivity contribution in [2.24, 2.45) is 0 Å². The molecule has 3 aromatic heterocycles. The van der Waals surface area contributed by atoms with Crippen LogP contribution < -0.4 is 0 Å². The first-order valence-electron chi connectivity index (χ1n) is 8.89. The first kappa shape index (κ1) is 17.0. The second kappa shape index (κ2) is 7.03. The monoisotopic (exact) mass is 370 g/mol. The predicted octanol–water partition coefficient (Wildman–Crippen LogP) is 2.84. The zero-order valence-electron chi connectivity index (χ0n) is 15.0. The van der Waals surface area contributed by atoms with E-state index in [2.05, 4.69) is 19.9 Å². The Bertz CT molecular complexity index is 883. The minimum atomic E-state index is 0.103. The summed E-state index contributed by atoms with van der Waals surface area (Å²) in [6, 6.07) is 2.14. The van der Waals surface area contributed by atoms with Gasteiger partial charge < -0.3 is 4.90 Å². The largest absolute Gasteiger partial charge is 0.334 e. The van der Waals surface area contributed by atoms with E-state index in [9.17, 15) is 4.79 Å². The van der Waals surface area contributed by atoms with Gasteiger partial charge in [0.2, 0.25) is 0 Å². The number of aromatic nitrogens is 5. The molecule has 136 valence electrons. The molecule has 1 amide bonds. The van der Waals surface area contributed by atoms with E-state index >= 15 is 0 Å². The topological polar surface area (TPSA) is 68.8 Å². The standard InChI is InChI=1S/C18H22N6OS/c1-13-11-16(14(2)24(13)18-19-7-10-26-18)17(25)23-8-4-3-5-15(23)12-22-9-6-20-21-22/h6-7,9-11,15H,3-5,8,12H2,1-2H3/t15-/m1/s1. The van der Waals surface area contributed by atoms with Crippen LogP contribution in [0.15, 0.2) is 30.0 Å². The lowest BCUT2D eigenvalue weighted by atomic mass is 10.0. The summed E-state index contributed by atoms with van der Waals surface area (Å²) in [7, 11) is 0. The average Bonchev–Trinajstić information content (AvgIpc) is 3.37. The summed E-state index contributed by atoms with van der Waals surface area (Å²) < 4.78 is 3.88. The summed E-state index contributed by atoms with van der Waals surface area (Å²) in [4.78, 5) is 19.8. The van der Waals surface area contributed by atoms with Crippen LogP contribution in [0.5, 0.6) is 0 Å². The van der Waals surface area contributed by atoms with Crippen molar-refractivity contribution in [3.05, 3.63) is 47.0 Å². The van der Waals surface area contributed by atoms with Gasteiger partial charge in [0.25, 0.3) is 5.91 Å². The van der Waals surface area contributed by atoms with E-state index in [1.54, 1.807) is 23.7 Å². The van der Waals surface area contributed by atoms with E-state index in [0.717, 1.165) is 47.9 Å². The molecule has 8 heteroatoms. The summed E-state index contributed by atoms with van der Waals surface area (Å²) in [5.41, 5.74) is 2.75. The normalized spacial score (nSPS) is 17.6. The van der Waals surface area contributed by atoms with Gasteiger partial charge in [-0.15, -0.1) is 16.4 Å². The number of hydrogen-bond acceptors (Lipinski definition) is 5. The number of aryl methyl sites for hydroxylation is 1. The van der Waals surface area contributed by atoms with Crippen LogP contribution in [0.2, 0.25) is 0 Å². The van der Waals surface area contributed by atoms with Crippen molar-refractivity contribution in [3.63, 3.8) is 0 Å². The van der Waals surface area contributed by atoms with E-state index < -0.39 is 0 Å². The molecular formula is C18H22N6OS. The van der Waals surface area contributed by atoms with Crippen molar-refractivity contribution < 1.29 is 4.79 Å². The number of amides is 1. The molecule has 1 aliphatic rings. The molecule has 4 rings (SSSR count). The third-order valence-corrected chi connectivity index (χ3v) is 5.79. The van der Waals surface area contributed by atoms with Crippen molar-refractivity contribution >= 4 is 17.2 Å². The Kier molecular flexibility index (Phi) is 4.58. The molecule has 0 radical (unpaired) electrons.